The Morgan fingerprint density at radius 1 is 1.02 bits per heavy atom. The highest BCUT2D eigenvalue weighted by molar-refractivity contribution is 5.97. The third-order valence-corrected chi connectivity index (χ3v) is 9.84. The number of rotatable bonds is 11. The van der Waals surface area contributed by atoms with Crippen LogP contribution in [-0.4, -0.2) is 103 Å². The smallest absolute Gasteiger partial charge is 0.318 e. The van der Waals surface area contributed by atoms with Crippen LogP contribution in [0.2, 0.25) is 0 Å². The lowest BCUT2D eigenvalue weighted by atomic mass is 9.99. The van der Waals surface area contributed by atoms with Crippen LogP contribution in [0.5, 0.6) is 6.01 Å². The molecular weight excluding hydrogens is 590 g/mol. The van der Waals surface area contributed by atoms with Gasteiger partial charge in [0.1, 0.15) is 18.5 Å². The van der Waals surface area contributed by atoms with E-state index in [-0.39, 0.29) is 18.5 Å². The topological polar surface area (TPSA) is 78.6 Å². The summed E-state index contributed by atoms with van der Waals surface area (Å²) in [6.07, 6.45) is 9.55. The first-order valence-corrected chi connectivity index (χ1v) is 17.2. The van der Waals surface area contributed by atoms with Crippen molar-refractivity contribution in [1.82, 2.24) is 19.8 Å². The van der Waals surface area contributed by atoms with E-state index in [1.807, 2.05) is 11.0 Å². The molecule has 1 aliphatic carbocycles. The van der Waals surface area contributed by atoms with E-state index in [9.17, 15) is 4.79 Å². The maximum absolute atomic E-state index is 13.3. The number of carbonyl (C=O) groups is 1. The summed E-state index contributed by atoms with van der Waals surface area (Å²) >= 11 is 0. The summed E-state index contributed by atoms with van der Waals surface area (Å²) < 4.78 is 11.9. The molecule has 4 heterocycles. The molecule has 0 spiro atoms. The average Bonchev–Trinajstić information content (AvgIpc) is 3.77. The largest absolute Gasteiger partial charge is 0.461 e. The Hall–Kier alpha value is -4.20. The Morgan fingerprint density at radius 2 is 1.85 bits per heavy atom. The normalized spacial score (nSPS) is 20.2. The van der Waals surface area contributed by atoms with Gasteiger partial charge in [-0.05, 0) is 69.1 Å². The lowest BCUT2D eigenvalue weighted by Crippen LogP contribution is -2.56. The molecule has 246 valence electrons. The van der Waals surface area contributed by atoms with Gasteiger partial charge in [-0.15, -0.1) is 0 Å². The molecule has 0 radical (unpaired) electrons. The number of hydrogen-bond acceptors (Lipinski definition) is 8. The van der Waals surface area contributed by atoms with Crippen LogP contribution < -0.4 is 14.5 Å². The Labute approximate surface area is 277 Å². The van der Waals surface area contributed by atoms with Gasteiger partial charge >= 0.3 is 6.01 Å². The van der Waals surface area contributed by atoms with Crippen molar-refractivity contribution in [3.05, 3.63) is 76.8 Å². The summed E-state index contributed by atoms with van der Waals surface area (Å²) in [5.74, 6) is 0.858. The predicted octanol–water partition coefficient (Wildman–Crippen LogP) is 4.65. The predicted molar refractivity (Wildman–Crippen MR) is 184 cm³/mol. The van der Waals surface area contributed by atoms with E-state index < -0.39 is 0 Å². The maximum atomic E-state index is 13.3. The molecule has 7 rings (SSSR count). The van der Waals surface area contributed by atoms with Crippen LogP contribution in [0.4, 0.5) is 11.5 Å². The fourth-order valence-electron chi connectivity index (χ4n) is 7.23. The van der Waals surface area contributed by atoms with Gasteiger partial charge in [0.05, 0.1) is 24.9 Å². The maximum Gasteiger partial charge on any atom is 0.318 e. The van der Waals surface area contributed by atoms with Crippen molar-refractivity contribution in [3.63, 3.8) is 0 Å². The minimum absolute atomic E-state index is 0.0112. The van der Waals surface area contributed by atoms with E-state index in [0.29, 0.717) is 51.5 Å². The first-order valence-electron chi connectivity index (χ1n) is 17.2. The van der Waals surface area contributed by atoms with Crippen molar-refractivity contribution in [2.75, 3.05) is 75.4 Å². The fraction of sp³-hybridized carbons (Fsp3) is 0.514. The van der Waals surface area contributed by atoms with Gasteiger partial charge in [0.25, 0.3) is 0 Å². The van der Waals surface area contributed by atoms with Crippen LogP contribution in [0.1, 0.15) is 42.5 Å². The number of hydrogen-bond donors (Lipinski definition) is 0. The highest BCUT2D eigenvalue weighted by atomic mass is 16.5. The Kier molecular flexibility index (Phi) is 9.54. The molecule has 10 heteroatoms. The Balaban J connectivity index is 1.13. The van der Waals surface area contributed by atoms with Gasteiger partial charge in [0.2, 0.25) is 12.5 Å². The lowest BCUT2D eigenvalue weighted by molar-refractivity contribution is -0.128. The number of carbonyl (C=O) groups excluding carboxylic acids is 1. The van der Waals surface area contributed by atoms with Gasteiger partial charge in [-0.3, -0.25) is 9.69 Å². The van der Waals surface area contributed by atoms with E-state index in [1.165, 1.54) is 34.9 Å². The third kappa shape index (κ3) is 7.21. The zero-order chi connectivity index (χ0) is 32.2. The molecule has 0 unspecified atom stereocenters. The summed E-state index contributed by atoms with van der Waals surface area (Å²) in [4.78, 5) is 35.9. The van der Waals surface area contributed by atoms with Crippen molar-refractivity contribution < 1.29 is 14.3 Å². The van der Waals surface area contributed by atoms with E-state index in [2.05, 4.69) is 62.9 Å². The molecule has 1 saturated carbocycles. The van der Waals surface area contributed by atoms with Crippen LogP contribution in [0.15, 0.2) is 48.6 Å². The molecular formula is C37H45N7O3. The molecule has 4 aliphatic rings. The molecule has 1 atom stereocenters. The number of piperazine rings is 1. The Morgan fingerprint density at radius 3 is 2.66 bits per heavy atom. The third-order valence-electron chi connectivity index (χ3n) is 9.84. The van der Waals surface area contributed by atoms with Gasteiger partial charge in [0, 0.05) is 55.4 Å². The number of fused-ring (bicyclic) bond motifs is 2. The van der Waals surface area contributed by atoms with Crippen LogP contribution >= 0.6 is 0 Å². The van der Waals surface area contributed by atoms with E-state index in [1.54, 1.807) is 6.08 Å². The van der Waals surface area contributed by atoms with Crippen LogP contribution in [0, 0.1) is 13.5 Å². The molecule has 0 N–H and O–H groups in total. The van der Waals surface area contributed by atoms with E-state index in [0.717, 1.165) is 62.5 Å². The zero-order valence-corrected chi connectivity index (χ0v) is 27.4. The van der Waals surface area contributed by atoms with E-state index in [4.69, 9.17) is 26.0 Å². The van der Waals surface area contributed by atoms with Gasteiger partial charge in [0.15, 0.2) is 0 Å². The minimum Gasteiger partial charge on any atom is -0.461 e. The number of amides is 1. The number of aromatic nitrogens is 2. The second kappa shape index (κ2) is 14.3. The highest BCUT2D eigenvalue weighted by Crippen LogP contribution is 2.36. The first kappa shape index (κ1) is 31.4. The van der Waals surface area contributed by atoms with Crippen molar-refractivity contribution >= 4 is 28.2 Å². The molecule has 3 fully saturated rings. The van der Waals surface area contributed by atoms with Crippen molar-refractivity contribution in [1.29, 1.82) is 0 Å². The average molecular weight is 636 g/mol. The molecule has 10 nitrogen and oxygen atoms in total. The summed E-state index contributed by atoms with van der Waals surface area (Å²) in [6.45, 7) is 17.2. The quantitative estimate of drug-likeness (QED) is 0.171. The zero-order valence-electron chi connectivity index (χ0n) is 27.4. The minimum atomic E-state index is -0.217. The monoisotopic (exact) mass is 635 g/mol. The second-order valence-electron chi connectivity index (χ2n) is 13.2. The van der Waals surface area contributed by atoms with Gasteiger partial charge in [-0.2, -0.15) is 9.97 Å². The molecule has 1 amide bonds. The molecule has 3 aliphatic heterocycles. The molecule has 1 aromatic heterocycles. The van der Waals surface area contributed by atoms with Gasteiger partial charge in [-0.1, -0.05) is 36.4 Å². The van der Waals surface area contributed by atoms with E-state index >= 15 is 0 Å². The molecule has 3 aromatic rings. The van der Waals surface area contributed by atoms with Crippen LogP contribution in [-0.2, 0) is 22.5 Å². The SMILES string of the molecule is [C-]#[N+]C[C@H]1CN(c2nc(OCCOC3CC3)nc3c2CCN(c2cccc4cccc(C)c24)C3)CCN1C(=O)/C=C/CN1CCCC1. The van der Waals surface area contributed by atoms with Crippen LogP contribution in [0.25, 0.3) is 15.6 Å². The van der Waals surface area contributed by atoms with Crippen molar-refractivity contribution in [3.8, 4) is 6.01 Å². The molecule has 2 aromatic carbocycles. The number of anilines is 2. The second-order valence-corrected chi connectivity index (χ2v) is 13.2. The number of aryl methyl sites for hydroxylation is 1. The standard InChI is InChI=1S/C37H45N7O3/c1-27-8-5-9-28-10-6-11-33(35(27)28)42-19-15-31-32(26-42)39-37(47-23-22-46-30-13-14-30)40-36(31)43-20-21-44(29(25-43)24-38-2)34(45)12-7-18-41-16-3-4-17-41/h5-12,29-30H,3-4,13-26H2,1H3/b12-7+/t29-/m0/s1. The van der Waals surface area contributed by atoms with Gasteiger partial charge < -0.3 is 29.0 Å². The summed E-state index contributed by atoms with van der Waals surface area (Å²) in [7, 11) is 0. The molecule has 47 heavy (non-hydrogen) atoms. The summed E-state index contributed by atoms with van der Waals surface area (Å²) in [5.41, 5.74) is 4.58. The Bertz CT molecular complexity index is 1650. The first-order chi connectivity index (χ1) is 23.1. The van der Waals surface area contributed by atoms with Gasteiger partial charge in [-0.25, -0.2) is 6.57 Å². The number of ether oxygens (including phenoxy) is 2. The molecule has 0 bridgehead atoms. The van der Waals surface area contributed by atoms with Crippen molar-refractivity contribution in [2.45, 2.75) is 57.7 Å². The fourth-order valence-corrected chi connectivity index (χ4v) is 7.23. The molecule has 2 saturated heterocycles. The highest BCUT2D eigenvalue weighted by Gasteiger charge is 2.35. The lowest BCUT2D eigenvalue weighted by Gasteiger charge is -2.41. The number of benzene rings is 2. The number of nitrogens with zero attached hydrogens (tertiary/aromatic N) is 7. The van der Waals surface area contributed by atoms with Crippen LogP contribution in [0.3, 0.4) is 0 Å². The van der Waals surface area contributed by atoms with Crippen molar-refractivity contribution in [2.24, 2.45) is 0 Å². The summed E-state index contributed by atoms with van der Waals surface area (Å²) in [5, 5.41) is 2.51. The number of likely N-dealkylation sites (tertiary alicyclic amines) is 1. The summed E-state index contributed by atoms with van der Waals surface area (Å²) in [6, 6.07) is 13.1.